The monoisotopic (exact) mass is 1240 g/mol. The number of phosphoric ester groups is 1. The summed E-state index contributed by atoms with van der Waals surface area (Å²) in [5.74, 6) is -6.52. The second kappa shape index (κ2) is 45.5. The Kier molecular flexibility index (Phi) is 42.5. The maximum Gasteiger partial charge on any atom is 0.532 e. The van der Waals surface area contributed by atoms with Crippen molar-refractivity contribution in [3.63, 3.8) is 0 Å². The molecule has 26 heteroatoms. The molecular weight excluding hydrogens is 1130 g/mol. The molecule has 0 saturated carbocycles. The van der Waals surface area contributed by atoms with E-state index in [1.54, 1.807) is 0 Å². The summed E-state index contributed by atoms with van der Waals surface area (Å²) < 4.78 is 41.1. The van der Waals surface area contributed by atoms with Gasteiger partial charge in [-0.3, -0.25) is 43.1 Å². The van der Waals surface area contributed by atoms with Crippen LogP contribution >= 0.6 is 7.82 Å². The highest BCUT2D eigenvalue weighted by Gasteiger charge is 2.47. The van der Waals surface area contributed by atoms with E-state index in [0.29, 0.717) is 19.3 Å². The van der Waals surface area contributed by atoms with Gasteiger partial charge >= 0.3 is 19.8 Å². The number of ketones is 1. The van der Waals surface area contributed by atoms with Crippen molar-refractivity contribution in [2.24, 2.45) is 11.5 Å². The third-order valence-electron chi connectivity index (χ3n) is 15.2. The largest absolute Gasteiger partial charge is 0.532 e. The number of aliphatic carboxylic acids is 1. The van der Waals surface area contributed by atoms with Gasteiger partial charge < -0.3 is 71.6 Å². The number of carbonyl (C=O) groups excluding carboxylic acids is 6. The lowest BCUT2D eigenvalue weighted by Crippen LogP contribution is -2.65. The van der Waals surface area contributed by atoms with Gasteiger partial charge in [-0.15, -0.1) is 0 Å². The average molecular weight is 1240 g/mol. The highest BCUT2D eigenvalue weighted by atomic mass is 31.2. The van der Waals surface area contributed by atoms with E-state index in [1.807, 2.05) is 0 Å². The average Bonchev–Trinajstić information content (AvgIpc) is 3.61. The molecule has 1 rings (SSSR count). The van der Waals surface area contributed by atoms with Crippen molar-refractivity contribution in [1.29, 1.82) is 0 Å². The van der Waals surface area contributed by atoms with Crippen molar-refractivity contribution in [1.82, 2.24) is 20.9 Å². The SMILES string of the molecule is CCCCCCCCCCCCCCCC(=O)OP(=O)(OCCN[C@@](C)(N)C(=O)N[C@H](CCC(=O)N(CC(C)O[C@H]1[C@H](O)[C@@H](CO)O[C@H](O)[C@@H]1NC(C)=O)[C@@H](C)C(=O)O)C(N)=O)OC[C@H](O)C(O)C(=O)CCCCCCCCCCCCCCC. The number of aliphatic hydroxyl groups excluding tert-OH is 5. The van der Waals surface area contributed by atoms with Gasteiger partial charge in [-0.2, -0.15) is 0 Å². The van der Waals surface area contributed by atoms with Crippen molar-refractivity contribution < 1.29 is 91.8 Å². The molecule has 1 aliphatic rings. The van der Waals surface area contributed by atoms with Gasteiger partial charge in [-0.05, 0) is 40.0 Å². The molecule has 4 amide bonds. The van der Waals surface area contributed by atoms with Crippen LogP contribution in [0.1, 0.15) is 234 Å². The summed E-state index contributed by atoms with van der Waals surface area (Å²) >= 11 is 0. The molecule has 25 nitrogen and oxygen atoms in total. The van der Waals surface area contributed by atoms with Crippen LogP contribution in [0, 0.1) is 0 Å². The van der Waals surface area contributed by atoms with Crippen LogP contribution in [0.3, 0.4) is 0 Å². The molecule has 85 heavy (non-hydrogen) atoms. The second-order valence-electron chi connectivity index (χ2n) is 23.0. The molecule has 3 unspecified atom stereocenters. The van der Waals surface area contributed by atoms with Gasteiger partial charge in [0.25, 0.3) is 5.91 Å². The van der Waals surface area contributed by atoms with E-state index in [0.717, 1.165) is 63.2 Å². The van der Waals surface area contributed by atoms with E-state index in [9.17, 15) is 68.8 Å². The number of Topliss-reactive ketones (excluding diaryl/α,β-unsaturated/α-hetero) is 1. The van der Waals surface area contributed by atoms with Crippen molar-refractivity contribution in [2.75, 3.05) is 32.9 Å². The molecule has 0 aromatic rings. The lowest BCUT2D eigenvalue weighted by atomic mass is 9.96. The lowest BCUT2D eigenvalue weighted by molar-refractivity contribution is -0.268. The van der Waals surface area contributed by atoms with E-state index in [2.05, 4.69) is 29.8 Å². The van der Waals surface area contributed by atoms with E-state index in [1.165, 1.54) is 117 Å². The van der Waals surface area contributed by atoms with E-state index in [4.69, 9.17) is 34.5 Å². The number of hydrogen-bond acceptors (Lipinski definition) is 20. The number of unbranched alkanes of at least 4 members (excludes halogenated alkanes) is 24. The number of nitrogens with zero attached hydrogens (tertiary/aromatic N) is 1. The second-order valence-corrected chi connectivity index (χ2v) is 24.6. The van der Waals surface area contributed by atoms with Gasteiger partial charge in [0.05, 0.1) is 25.9 Å². The van der Waals surface area contributed by atoms with Crippen LogP contribution in [0.2, 0.25) is 0 Å². The smallest absolute Gasteiger partial charge is 0.480 e. The molecule has 0 aliphatic carbocycles. The van der Waals surface area contributed by atoms with Crippen LogP contribution in [0.25, 0.3) is 0 Å². The van der Waals surface area contributed by atoms with Crippen LogP contribution in [0.15, 0.2) is 0 Å². The number of hydrogen-bond donors (Lipinski definition) is 11. The summed E-state index contributed by atoms with van der Waals surface area (Å²) in [4.78, 5) is 90.7. The predicted octanol–water partition coefficient (Wildman–Crippen LogP) is 5.59. The normalized spacial score (nSPS) is 20.2. The van der Waals surface area contributed by atoms with Crippen molar-refractivity contribution in [3.05, 3.63) is 0 Å². The molecule has 496 valence electrons. The number of ether oxygens (including phenoxy) is 2. The number of carboxylic acid groups (broad SMARTS) is 1. The minimum absolute atomic E-state index is 0.00360. The summed E-state index contributed by atoms with van der Waals surface area (Å²) in [6, 6.07) is -4.34. The van der Waals surface area contributed by atoms with Gasteiger partial charge in [0, 0.05) is 39.3 Å². The Morgan fingerprint density at radius 2 is 1.21 bits per heavy atom. The molecule has 1 fully saturated rings. The first-order valence-corrected chi connectivity index (χ1v) is 33.0. The highest BCUT2D eigenvalue weighted by molar-refractivity contribution is 7.49. The van der Waals surface area contributed by atoms with E-state index >= 15 is 0 Å². The standard InChI is InChI=1S/C59H111N6O19P/c1-7-9-11-13-15-17-19-21-23-25-27-29-31-33-46(68)52(72)47(69)41-81-85(79,84-50(71)34-32-30-28-26-24-22-20-18-16-14-12-10-8-2)80-38-37-62-59(6,61)58(78)64-45(55(60)74)35-36-49(70)65(43(4)56(75)76)39-42(3)82-54-51(63-44(5)67)57(77)83-48(40-66)53(54)73/h42-43,45,47-48,51-54,57,62,66,69,72-73,77H,7-41,61H2,1-6H3,(H2,60,74)(H,63,67)(H,64,78)(H,75,76)/t42?,43-,45+,47-,48+,51+,52?,53+,54+,57-,59+,85?/m0/s1. The van der Waals surface area contributed by atoms with Gasteiger partial charge in [0.2, 0.25) is 17.7 Å². The fraction of sp³-hybridized carbons (Fsp3) is 0.881. The number of primary amides is 1. The van der Waals surface area contributed by atoms with Gasteiger partial charge in [0.1, 0.15) is 54.3 Å². The number of nitrogens with one attached hydrogen (secondary N) is 3. The van der Waals surface area contributed by atoms with Crippen molar-refractivity contribution in [2.45, 2.75) is 301 Å². The Morgan fingerprint density at radius 1 is 0.729 bits per heavy atom. The Hall–Kier alpha value is -3.72. The number of phosphoric acid groups is 1. The fourth-order valence-electron chi connectivity index (χ4n) is 9.87. The molecule has 0 bridgehead atoms. The lowest BCUT2D eigenvalue weighted by Gasteiger charge is -2.43. The Morgan fingerprint density at radius 3 is 1.67 bits per heavy atom. The fourth-order valence-corrected chi connectivity index (χ4v) is 11.0. The highest BCUT2D eigenvalue weighted by Crippen LogP contribution is 2.50. The first kappa shape index (κ1) is 79.3. The van der Waals surface area contributed by atoms with Crippen molar-refractivity contribution >= 4 is 49.2 Å². The maximum atomic E-state index is 14.0. The summed E-state index contributed by atoms with van der Waals surface area (Å²) in [5.41, 5.74) is 9.86. The van der Waals surface area contributed by atoms with E-state index in [-0.39, 0.29) is 19.4 Å². The first-order valence-electron chi connectivity index (χ1n) is 31.6. The summed E-state index contributed by atoms with van der Waals surface area (Å²) in [6.07, 6.45) is 16.4. The zero-order chi connectivity index (χ0) is 63.8. The summed E-state index contributed by atoms with van der Waals surface area (Å²) in [7, 11) is -4.86. The van der Waals surface area contributed by atoms with Gasteiger partial charge in [-0.25, -0.2) is 9.36 Å². The Balaban J connectivity index is 2.93. The van der Waals surface area contributed by atoms with Crippen LogP contribution in [0.4, 0.5) is 0 Å². The van der Waals surface area contributed by atoms with Gasteiger partial charge in [0.15, 0.2) is 12.1 Å². The number of carboxylic acids is 1. The molecule has 0 radical (unpaired) electrons. The molecule has 1 heterocycles. The summed E-state index contributed by atoms with van der Waals surface area (Å²) in [5, 5.41) is 69.8. The molecular formula is C59H111N6O19P. The molecule has 0 aromatic carbocycles. The summed E-state index contributed by atoms with van der Waals surface area (Å²) in [6.45, 7) is 6.37. The number of amides is 4. The molecule has 0 aromatic heterocycles. The quantitative estimate of drug-likeness (QED) is 0.0201. The number of rotatable bonds is 53. The first-order chi connectivity index (χ1) is 40.3. The van der Waals surface area contributed by atoms with Crippen LogP contribution in [-0.4, -0.2) is 177 Å². The number of nitrogens with two attached hydrogens (primary N) is 2. The minimum Gasteiger partial charge on any atom is -0.480 e. The van der Waals surface area contributed by atoms with Crippen molar-refractivity contribution in [3.8, 4) is 0 Å². The minimum atomic E-state index is -4.86. The molecule has 13 N–H and O–H groups in total. The third-order valence-corrected chi connectivity index (χ3v) is 16.6. The molecule has 0 spiro atoms. The number of aliphatic hydroxyl groups is 5. The third kappa shape index (κ3) is 34.6. The van der Waals surface area contributed by atoms with Crippen LogP contribution in [-0.2, 0) is 61.2 Å². The predicted molar refractivity (Wildman–Crippen MR) is 319 cm³/mol. The Labute approximate surface area is 505 Å². The van der Waals surface area contributed by atoms with Crippen LogP contribution < -0.4 is 27.4 Å². The molecule has 12 atom stereocenters. The van der Waals surface area contributed by atoms with Crippen LogP contribution in [0.5, 0.6) is 0 Å². The van der Waals surface area contributed by atoms with E-state index < -0.39 is 155 Å². The topological polar surface area (TPSA) is 395 Å². The molecule has 1 saturated heterocycles. The number of carbonyl (C=O) groups is 7. The van der Waals surface area contributed by atoms with Gasteiger partial charge in [-0.1, -0.05) is 168 Å². The maximum absolute atomic E-state index is 14.0. The zero-order valence-corrected chi connectivity index (χ0v) is 53.0. The molecule has 1 aliphatic heterocycles. The zero-order valence-electron chi connectivity index (χ0n) is 52.1. The Bertz CT molecular complexity index is 1960.